The van der Waals surface area contributed by atoms with Crippen LogP contribution in [0.5, 0.6) is 0 Å². The molecule has 0 unspecified atom stereocenters. The molecular weight excluding hydrogens is 198 g/mol. The van der Waals surface area contributed by atoms with Gasteiger partial charge in [-0.05, 0) is 30.4 Å². The Morgan fingerprint density at radius 2 is 2.06 bits per heavy atom. The average molecular weight is 217 g/mol. The molecule has 0 saturated heterocycles. The molecule has 0 radical (unpaired) electrons. The van der Waals surface area contributed by atoms with E-state index in [9.17, 15) is 5.11 Å². The number of hydrogen-bond donors (Lipinski definition) is 2. The lowest BCUT2D eigenvalue weighted by atomic mass is 9.94. The van der Waals surface area contributed by atoms with E-state index in [1.165, 1.54) is 12.0 Å². The van der Waals surface area contributed by atoms with Crippen LogP contribution in [0.25, 0.3) is 0 Å². The Bertz CT molecular complexity index is 345. The van der Waals surface area contributed by atoms with Crippen molar-refractivity contribution in [1.82, 2.24) is 5.32 Å². The van der Waals surface area contributed by atoms with Gasteiger partial charge in [-0.25, -0.2) is 0 Å². The topological polar surface area (TPSA) is 32.3 Å². The van der Waals surface area contributed by atoms with Gasteiger partial charge in [-0.3, -0.25) is 0 Å². The standard InChI is InChI=1S/C14H19NO/c16-11-13-8-4-5-9-14(13)15-10-12-6-2-1-3-7-12/h1-3,6-8,14-16H,4-5,9-11H2/t14-/m1/s1. The van der Waals surface area contributed by atoms with Crippen molar-refractivity contribution in [3.63, 3.8) is 0 Å². The van der Waals surface area contributed by atoms with Gasteiger partial charge in [0.15, 0.2) is 0 Å². The Balaban J connectivity index is 1.90. The van der Waals surface area contributed by atoms with E-state index >= 15 is 0 Å². The molecule has 0 saturated carbocycles. The van der Waals surface area contributed by atoms with Crippen molar-refractivity contribution in [3.8, 4) is 0 Å². The summed E-state index contributed by atoms with van der Waals surface area (Å²) in [5, 5.41) is 12.8. The molecule has 2 heteroatoms. The summed E-state index contributed by atoms with van der Waals surface area (Å²) < 4.78 is 0. The van der Waals surface area contributed by atoms with Crippen molar-refractivity contribution in [1.29, 1.82) is 0 Å². The average Bonchev–Trinajstić information content (AvgIpc) is 2.38. The highest BCUT2D eigenvalue weighted by Gasteiger charge is 2.15. The second-order valence-electron chi connectivity index (χ2n) is 4.29. The molecule has 1 aliphatic carbocycles. The van der Waals surface area contributed by atoms with E-state index in [-0.39, 0.29) is 6.61 Å². The zero-order chi connectivity index (χ0) is 11.2. The number of hydrogen-bond acceptors (Lipinski definition) is 2. The number of benzene rings is 1. The fourth-order valence-electron chi connectivity index (χ4n) is 2.18. The maximum absolute atomic E-state index is 9.25. The highest BCUT2D eigenvalue weighted by molar-refractivity contribution is 5.17. The van der Waals surface area contributed by atoms with Crippen LogP contribution in [0.15, 0.2) is 42.0 Å². The summed E-state index contributed by atoms with van der Waals surface area (Å²) in [5.74, 6) is 0. The molecule has 1 aliphatic rings. The molecule has 1 atom stereocenters. The fourth-order valence-corrected chi connectivity index (χ4v) is 2.18. The molecule has 0 bridgehead atoms. The second-order valence-corrected chi connectivity index (χ2v) is 4.29. The molecule has 0 aliphatic heterocycles. The van der Waals surface area contributed by atoms with Gasteiger partial charge in [0.1, 0.15) is 0 Å². The molecule has 16 heavy (non-hydrogen) atoms. The summed E-state index contributed by atoms with van der Waals surface area (Å²) >= 11 is 0. The van der Waals surface area contributed by atoms with E-state index in [1.807, 2.05) is 6.07 Å². The van der Waals surface area contributed by atoms with Gasteiger partial charge in [-0.1, -0.05) is 36.4 Å². The van der Waals surface area contributed by atoms with Crippen molar-refractivity contribution in [3.05, 3.63) is 47.5 Å². The van der Waals surface area contributed by atoms with Crippen LogP contribution in [0.4, 0.5) is 0 Å². The molecule has 0 fully saturated rings. The number of allylic oxidation sites excluding steroid dienone is 1. The zero-order valence-electron chi connectivity index (χ0n) is 9.52. The number of aliphatic hydroxyl groups is 1. The van der Waals surface area contributed by atoms with E-state index in [0.717, 1.165) is 25.0 Å². The molecule has 0 heterocycles. The van der Waals surface area contributed by atoms with Crippen molar-refractivity contribution in [2.24, 2.45) is 0 Å². The first-order valence-corrected chi connectivity index (χ1v) is 5.97. The summed E-state index contributed by atoms with van der Waals surface area (Å²) in [7, 11) is 0. The summed E-state index contributed by atoms with van der Waals surface area (Å²) in [6, 6.07) is 10.7. The van der Waals surface area contributed by atoms with Crippen molar-refractivity contribution < 1.29 is 5.11 Å². The zero-order valence-corrected chi connectivity index (χ0v) is 9.52. The third kappa shape index (κ3) is 2.94. The van der Waals surface area contributed by atoms with Crippen molar-refractivity contribution in [2.45, 2.75) is 31.8 Å². The quantitative estimate of drug-likeness (QED) is 0.758. The molecule has 1 aromatic rings. The molecule has 86 valence electrons. The molecule has 1 aromatic carbocycles. The van der Waals surface area contributed by atoms with Gasteiger partial charge in [-0.2, -0.15) is 0 Å². The lowest BCUT2D eigenvalue weighted by molar-refractivity contribution is 0.308. The molecule has 2 nitrogen and oxygen atoms in total. The second kappa shape index (κ2) is 5.83. The first-order valence-electron chi connectivity index (χ1n) is 5.97. The van der Waals surface area contributed by atoms with E-state index in [1.54, 1.807) is 0 Å². The van der Waals surface area contributed by atoms with Crippen LogP contribution in [0, 0.1) is 0 Å². The fraction of sp³-hybridized carbons (Fsp3) is 0.429. The van der Waals surface area contributed by atoms with Crippen LogP contribution in [0.3, 0.4) is 0 Å². The summed E-state index contributed by atoms with van der Waals surface area (Å²) in [4.78, 5) is 0. The monoisotopic (exact) mass is 217 g/mol. The predicted octanol–water partition coefficient (Wildman–Crippen LogP) is 2.25. The van der Waals surface area contributed by atoms with Crippen LogP contribution >= 0.6 is 0 Å². The Labute approximate surface area is 97.0 Å². The Morgan fingerprint density at radius 1 is 1.25 bits per heavy atom. The smallest absolute Gasteiger partial charge is 0.0656 e. The number of rotatable bonds is 4. The van der Waals surface area contributed by atoms with Crippen LogP contribution in [-0.2, 0) is 6.54 Å². The minimum Gasteiger partial charge on any atom is -0.392 e. The van der Waals surface area contributed by atoms with Gasteiger partial charge in [0, 0.05) is 12.6 Å². The number of aliphatic hydroxyl groups excluding tert-OH is 1. The van der Waals surface area contributed by atoms with Crippen LogP contribution in [0.1, 0.15) is 24.8 Å². The Kier molecular flexibility index (Phi) is 4.14. The van der Waals surface area contributed by atoms with Gasteiger partial charge in [-0.15, -0.1) is 0 Å². The van der Waals surface area contributed by atoms with E-state index in [2.05, 4.69) is 35.7 Å². The molecule has 2 N–H and O–H groups in total. The maximum atomic E-state index is 9.25. The lowest BCUT2D eigenvalue weighted by Gasteiger charge is -2.24. The summed E-state index contributed by atoms with van der Waals surface area (Å²) in [6.07, 6.45) is 5.64. The molecular formula is C14H19NO. The van der Waals surface area contributed by atoms with Gasteiger partial charge in [0.2, 0.25) is 0 Å². The van der Waals surface area contributed by atoms with E-state index in [4.69, 9.17) is 0 Å². The first-order chi connectivity index (χ1) is 7.90. The third-order valence-corrected chi connectivity index (χ3v) is 3.13. The van der Waals surface area contributed by atoms with Crippen LogP contribution in [0.2, 0.25) is 0 Å². The van der Waals surface area contributed by atoms with Crippen LogP contribution in [-0.4, -0.2) is 17.8 Å². The van der Waals surface area contributed by atoms with E-state index < -0.39 is 0 Å². The lowest BCUT2D eigenvalue weighted by Crippen LogP contribution is -2.33. The normalized spacial score (nSPS) is 20.6. The molecule has 2 rings (SSSR count). The molecule has 0 amide bonds. The highest BCUT2D eigenvalue weighted by Crippen LogP contribution is 2.18. The summed E-state index contributed by atoms with van der Waals surface area (Å²) in [5.41, 5.74) is 2.45. The SMILES string of the molecule is OCC1=CCCC[C@H]1NCc1ccccc1. The largest absolute Gasteiger partial charge is 0.392 e. The van der Waals surface area contributed by atoms with Gasteiger partial charge in [0.25, 0.3) is 0 Å². The Morgan fingerprint density at radius 3 is 2.81 bits per heavy atom. The van der Waals surface area contributed by atoms with Crippen molar-refractivity contribution >= 4 is 0 Å². The van der Waals surface area contributed by atoms with Crippen LogP contribution < -0.4 is 5.32 Å². The Hall–Kier alpha value is -1.12. The van der Waals surface area contributed by atoms with Gasteiger partial charge < -0.3 is 10.4 Å². The number of nitrogens with one attached hydrogen (secondary N) is 1. The third-order valence-electron chi connectivity index (χ3n) is 3.13. The van der Waals surface area contributed by atoms with Gasteiger partial charge in [0.05, 0.1) is 6.61 Å². The minimum absolute atomic E-state index is 0.187. The van der Waals surface area contributed by atoms with E-state index in [0.29, 0.717) is 6.04 Å². The minimum atomic E-state index is 0.187. The van der Waals surface area contributed by atoms with Gasteiger partial charge >= 0.3 is 0 Å². The highest BCUT2D eigenvalue weighted by atomic mass is 16.3. The first kappa shape index (κ1) is 11.4. The van der Waals surface area contributed by atoms with Crippen molar-refractivity contribution in [2.75, 3.05) is 6.61 Å². The summed E-state index contributed by atoms with van der Waals surface area (Å²) in [6.45, 7) is 1.06. The maximum Gasteiger partial charge on any atom is 0.0656 e. The molecule has 0 spiro atoms. The predicted molar refractivity (Wildman–Crippen MR) is 66.1 cm³/mol. The molecule has 0 aromatic heterocycles.